The summed E-state index contributed by atoms with van der Waals surface area (Å²) in [5.74, 6) is 0. The molecule has 0 saturated carbocycles. The minimum Gasteiger partial charge on any atom is -0.331 e. The highest BCUT2D eigenvalue weighted by molar-refractivity contribution is 7.71. The van der Waals surface area contributed by atoms with Gasteiger partial charge >= 0.3 is 7.60 Å². The van der Waals surface area contributed by atoms with E-state index >= 15 is 0 Å². The van der Waals surface area contributed by atoms with Crippen molar-refractivity contribution >= 4 is 32.0 Å². The van der Waals surface area contributed by atoms with E-state index in [1.165, 1.54) is 0 Å². The molecule has 2 rings (SSSR count). The zero-order valence-electron chi connectivity index (χ0n) is 12.4. The number of aromatic nitrogens is 2. The van der Waals surface area contributed by atoms with Crippen molar-refractivity contribution in [1.29, 1.82) is 5.26 Å². The first kappa shape index (κ1) is 18.0. The molecule has 24 heavy (non-hydrogen) atoms. The van der Waals surface area contributed by atoms with Crippen LogP contribution >= 0.6 is 19.8 Å². The van der Waals surface area contributed by atoms with E-state index in [1.54, 1.807) is 36.4 Å². The van der Waals surface area contributed by atoms with Gasteiger partial charge in [-0.3, -0.25) is 14.3 Å². The van der Waals surface area contributed by atoms with Crippen LogP contribution in [0, 0.1) is 16.1 Å². The first-order valence-electron chi connectivity index (χ1n) is 6.87. The molecule has 0 amide bonds. The summed E-state index contributed by atoms with van der Waals surface area (Å²) >= 11 is 4.89. The summed E-state index contributed by atoms with van der Waals surface area (Å²) in [4.78, 5) is 34.8. The Morgan fingerprint density at radius 1 is 1.25 bits per heavy atom. The van der Waals surface area contributed by atoms with Gasteiger partial charge in [0.25, 0.3) is 5.56 Å². The Bertz CT molecular complexity index is 981. The summed E-state index contributed by atoms with van der Waals surface area (Å²) in [7, 11) is -4.09. The summed E-state index contributed by atoms with van der Waals surface area (Å²) in [5.41, 5.74) is 1.09. The molecule has 2 aromatic rings. The van der Waals surface area contributed by atoms with Crippen LogP contribution in [-0.2, 0) is 11.0 Å². The molecule has 1 heterocycles. The lowest BCUT2D eigenvalue weighted by atomic mass is 10.0. The summed E-state index contributed by atoms with van der Waals surface area (Å²) in [6.45, 7) is 0. The fourth-order valence-electron chi connectivity index (χ4n) is 2.10. The van der Waals surface area contributed by atoms with Gasteiger partial charge in [-0.15, -0.1) is 0 Å². The summed E-state index contributed by atoms with van der Waals surface area (Å²) in [6.07, 6.45) is 3.16. The maximum atomic E-state index is 11.7. The Labute approximate surface area is 142 Å². The maximum absolute atomic E-state index is 11.7. The fourth-order valence-corrected chi connectivity index (χ4v) is 2.84. The van der Waals surface area contributed by atoms with Gasteiger partial charge in [-0.2, -0.15) is 5.26 Å². The van der Waals surface area contributed by atoms with E-state index in [9.17, 15) is 9.36 Å². The van der Waals surface area contributed by atoms with Crippen molar-refractivity contribution < 1.29 is 14.4 Å². The Kier molecular flexibility index (Phi) is 5.65. The van der Waals surface area contributed by atoms with Crippen LogP contribution in [0.2, 0.25) is 0 Å². The number of nitrogens with zero attached hydrogens (tertiary/aromatic N) is 1. The molecule has 0 unspecified atom stereocenters. The van der Waals surface area contributed by atoms with Gasteiger partial charge in [0.05, 0.1) is 11.9 Å². The van der Waals surface area contributed by atoms with Crippen molar-refractivity contribution in [3.8, 4) is 6.07 Å². The zero-order valence-corrected chi connectivity index (χ0v) is 14.1. The molecule has 0 spiro atoms. The largest absolute Gasteiger partial charge is 0.331 e. The van der Waals surface area contributed by atoms with Gasteiger partial charge in [0.15, 0.2) is 4.77 Å². The Morgan fingerprint density at radius 2 is 1.96 bits per heavy atom. The number of hydrogen-bond donors (Lipinski definition) is 4. The number of hydrogen-bond acceptors (Lipinski definition) is 4. The molecule has 0 saturated heterocycles. The maximum Gasteiger partial charge on any atom is 0.325 e. The van der Waals surface area contributed by atoms with Crippen molar-refractivity contribution in [2.45, 2.75) is 6.42 Å². The molecule has 1 aromatic heterocycles. The van der Waals surface area contributed by atoms with E-state index in [0.717, 1.165) is 11.1 Å². The molecule has 0 bridgehead atoms. The van der Waals surface area contributed by atoms with Gasteiger partial charge in [0, 0.05) is 0 Å². The van der Waals surface area contributed by atoms with Crippen LogP contribution in [0.3, 0.4) is 0 Å². The van der Waals surface area contributed by atoms with E-state index in [-0.39, 0.29) is 28.6 Å². The topological polar surface area (TPSA) is 130 Å². The summed E-state index contributed by atoms with van der Waals surface area (Å²) < 4.78 is 11.1. The number of H-pyrrole nitrogens is 2. The predicted octanol–water partition coefficient (Wildman–Crippen LogP) is 2.19. The van der Waals surface area contributed by atoms with Crippen LogP contribution in [0.25, 0.3) is 12.2 Å². The average Bonchev–Trinajstić information content (AvgIpc) is 2.50. The molecule has 0 atom stereocenters. The Hall–Kier alpha value is -2.30. The van der Waals surface area contributed by atoms with Crippen molar-refractivity contribution in [2.24, 2.45) is 0 Å². The third-order valence-electron chi connectivity index (χ3n) is 3.24. The number of aryl methyl sites for hydroxylation is 1. The number of nitrogens with one attached hydrogen (secondary N) is 2. The molecule has 4 N–H and O–H groups in total. The lowest BCUT2D eigenvalue weighted by Gasteiger charge is -2.07. The van der Waals surface area contributed by atoms with Crippen LogP contribution in [0.5, 0.6) is 0 Å². The minimum absolute atomic E-state index is 0.0902. The fraction of sp³-hybridized carbons (Fsp3) is 0.133. The quantitative estimate of drug-likeness (QED) is 0.476. The first-order chi connectivity index (χ1) is 11.3. The van der Waals surface area contributed by atoms with E-state index in [2.05, 4.69) is 9.97 Å². The highest BCUT2D eigenvalue weighted by Crippen LogP contribution is 2.35. The standard InChI is InChI=1S/C15H14N3O4PS/c16-9-12-13(17-15(24)18-14(12)19)6-5-10-3-1-2-4-11(10)7-8-23(20,21)22/h1-6H,7-8H2,(H2,20,21,22)(H2,17,18,19,24)/b6-5+. The Balaban J connectivity index is 2.38. The highest BCUT2D eigenvalue weighted by atomic mass is 32.1. The lowest BCUT2D eigenvalue weighted by molar-refractivity contribution is 0.373. The summed E-state index contributed by atoms with van der Waals surface area (Å²) in [6, 6.07) is 8.91. The van der Waals surface area contributed by atoms with E-state index in [0.29, 0.717) is 0 Å². The van der Waals surface area contributed by atoms with Crippen LogP contribution in [0.4, 0.5) is 0 Å². The molecule has 7 nitrogen and oxygen atoms in total. The van der Waals surface area contributed by atoms with Crippen molar-refractivity contribution in [1.82, 2.24) is 9.97 Å². The molecule has 0 radical (unpaired) electrons. The Morgan fingerprint density at radius 3 is 2.62 bits per heavy atom. The van der Waals surface area contributed by atoms with Crippen LogP contribution < -0.4 is 5.56 Å². The van der Waals surface area contributed by atoms with Gasteiger partial charge in [-0.05, 0) is 35.8 Å². The molecule has 0 aliphatic carbocycles. The van der Waals surface area contributed by atoms with Gasteiger partial charge in [-0.25, -0.2) is 0 Å². The third-order valence-corrected chi connectivity index (χ3v) is 4.25. The number of benzene rings is 1. The van der Waals surface area contributed by atoms with Crippen molar-refractivity contribution in [2.75, 3.05) is 6.16 Å². The summed E-state index contributed by atoms with van der Waals surface area (Å²) in [5, 5.41) is 9.07. The number of aromatic amines is 2. The van der Waals surface area contributed by atoms with Crippen LogP contribution in [-0.4, -0.2) is 25.9 Å². The van der Waals surface area contributed by atoms with Gasteiger partial charge < -0.3 is 14.8 Å². The van der Waals surface area contributed by atoms with Gasteiger partial charge in [0.1, 0.15) is 11.6 Å². The molecular weight excluding hydrogens is 349 g/mol. The van der Waals surface area contributed by atoms with Crippen LogP contribution in [0.1, 0.15) is 22.4 Å². The molecule has 9 heteroatoms. The normalized spacial score (nSPS) is 11.5. The monoisotopic (exact) mass is 363 g/mol. The van der Waals surface area contributed by atoms with E-state index in [1.807, 2.05) is 6.07 Å². The smallest absolute Gasteiger partial charge is 0.325 e. The third kappa shape index (κ3) is 4.85. The van der Waals surface area contributed by atoms with E-state index in [4.69, 9.17) is 27.3 Å². The van der Waals surface area contributed by atoms with Gasteiger partial charge in [-0.1, -0.05) is 30.3 Å². The minimum atomic E-state index is -4.09. The highest BCUT2D eigenvalue weighted by Gasteiger charge is 2.13. The number of rotatable bonds is 5. The second-order valence-electron chi connectivity index (χ2n) is 4.98. The number of nitriles is 1. The van der Waals surface area contributed by atoms with Crippen molar-refractivity contribution in [3.63, 3.8) is 0 Å². The average molecular weight is 363 g/mol. The molecule has 0 fully saturated rings. The lowest BCUT2D eigenvalue weighted by Crippen LogP contribution is -2.13. The predicted molar refractivity (Wildman–Crippen MR) is 92.9 cm³/mol. The molecule has 124 valence electrons. The van der Waals surface area contributed by atoms with E-state index < -0.39 is 13.2 Å². The first-order valence-corrected chi connectivity index (χ1v) is 9.08. The molecular formula is C15H14N3O4PS. The molecule has 0 aliphatic rings. The van der Waals surface area contributed by atoms with Crippen molar-refractivity contribution in [3.05, 3.63) is 61.8 Å². The zero-order chi connectivity index (χ0) is 17.7. The second kappa shape index (κ2) is 7.51. The molecule has 1 aromatic carbocycles. The SMILES string of the molecule is N#Cc1c(/C=C/c2ccccc2CCP(=O)(O)O)[nH]c(=S)[nH]c1=O. The second-order valence-corrected chi connectivity index (χ2v) is 7.16. The molecule has 0 aliphatic heterocycles. The van der Waals surface area contributed by atoms with Gasteiger partial charge in [0.2, 0.25) is 0 Å². The van der Waals surface area contributed by atoms with Crippen LogP contribution in [0.15, 0.2) is 29.1 Å².